The number of aromatic nitrogens is 1. The highest BCUT2D eigenvalue weighted by molar-refractivity contribution is 6.06. The van der Waals surface area contributed by atoms with E-state index in [1.165, 1.54) is 0 Å². The molecule has 0 saturated carbocycles. The fraction of sp³-hybridized carbons (Fsp3) is 0.409. The van der Waals surface area contributed by atoms with Crippen molar-refractivity contribution in [1.29, 1.82) is 0 Å². The zero-order chi connectivity index (χ0) is 22.5. The van der Waals surface area contributed by atoms with Crippen LogP contribution in [0.2, 0.25) is 0 Å². The van der Waals surface area contributed by atoms with Gasteiger partial charge in [-0.2, -0.15) is 0 Å². The molecule has 3 rings (SSSR count). The Bertz CT molecular complexity index is 1010. The zero-order valence-electron chi connectivity index (χ0n) is 17.3. The number of ether oxygens (including phenoxy) is 1. The SMILES string of the molecule is CC(C)C[C@H](NC(=O)c1ccc2ccccc2n1)C(=O)C(OC1CNCC1=O)C(=O)O. The van der Waals surface area contributed by atoms with Gasteiger partial charge in [-0.15, -0.1) is 0 Å². The molecule has 0 radical (unpaired) electrons. The Kier molecular flexibility index (Phi) is 7.09. The molecule has 1 aromatic carbocycles. The minimum Gasteiger partial charge on any atom is -0.479 e. The van der Waals surface area contributed by atoms with Crippen LogP contribution in [0.3, 0.4) is 0 Å². The number of Topliss-reactive ketones (excluding diaryl/α,β-unsaturated/α-hetero) is 2. The van der Waals surface area contributed by atoms with E-state index in [-0.39, 0.29) is 36.9 Å². The fourth-order valence-electron chi connectivity index (χ4n) is 3.41. The molecule has 0 spiro atoms. The molecule has 2 unspecified atom stereocenters. The van der Waals surface area contributed by atoms with Gasteiger partial charge in [-0.1, -0.05) is 38.1 Å². The molecule has 0 aliphatic carbocycles. The van der Waals surface area contributed by atoms with Crippen LogP contribution in [0.25, 0.3) is 10.9 Å². The first kappa shape index (κ1) is 22.5. The smallest absolute Gasteiger partial charge is 0.340 e. The molecule has 9 nitrogen and oxygen atoms in total. The third-order valence-electron chi connectivity index (χ3n) is 4.96. The summed E-state index contributed by atoms with van der Waals surface area (Å²) in [5.41, 5.74) is 0.740. The Morgan fingerprint density at radius 3 is 2.61 bits per heavy atom. The first-order valence-corrected chi connectivity index (χ1v) is 10.1. The van der Waals surface area contributed by atoms with Crippen molar-refractivity contribution >= 4 is 34.3 Å². The lowest BCUT2D eigenvalue weighted by atomic mass is 9.96. The molecular formula is C22H25N3O6. The largest absolute Gasteiger partial charge is 0.479 e. The van der Waals surface area contributed by atoms with E-state index in [1.807, 2.05) is 26.0 Å². The molecule has 1 aliphatic heterocycles. The molecule has 2 heterocycles. The van der Waals surface area contributed by atoms with Gasteiger partial charge in [0.25, 0.3) is 5.91 Å². The molecule has 1 aromatic heterocycles. The maximum Gasteiger partial charge on any atom is 0.340 e. The summed E-state index contributed by atoms with van der Waals surface area (Å²) in [7, 11) is 0. The number of carboxylic acids is 1. The lowest BCUT2D eigenvalue weighted by Gasteiger charge is -2.24. The van der Waals surface area contributed by atoms with E-state index < -0.39 is 35.9 Å². The van der Waals surface area contributed by atoms with Crippen LogP contribution in [-0.4, -0.2) is 64.9 Å². The zero-order valence-corrected chi connectivity index (χ0v) is 17.3. The van der Waals surface area contributed by atoms with E-state index in [9.17, 15) is 24.3 Å². The predicted molar refractivity (Wildman–Crippen MR) is 112 cm³/mol. The number of nitrogens with zero attached hydrogens (tertiary/aromatic N) is 1. The number of hydrogen-bond acceptors (Lipinski definition) is 7. The van der Waals surface area contributed by atoms with Crippen LogP contribution in [0.1, 0.15) is 30.8 Å². The van der Waals surface area contributed by atoms with Crippen LogP contribution in [0.5, 0.6) is 0 Å². The van der Waals surface area contributed by atoms with Gasteiger partial charge in [0.15, 0.2) is 11.6 Å². The number of aliphatic carboxylic acids is 1. The van der Waals surface area contributed by atoms with Gasteiger partial charge in [0, 0.05) is 11.9 Å². The number of carbonyl (C=O) groups is 4. The average Bonchev–Trinajstić information content (AvgIpc) is 3.14. The second kappa shape index (κ2) is 9.76. The van der Waals surface area contributed by atoms with E-state index in [2.05, 4.69) is 15.6 Å². The molecule has 0 bridgehead atoms. The van der Waals surface area contributed by atoms with E-state index in [0.717, 1.165) is 5.39 Å². The highest BCUT2D eigenvalue weighted by Gasteiger charge is 2.39. The standard InChI is InChI=1S/C22H25N3O6/c1-12(2)9-16(19(27)20(22(29)30)31-18-11-23-10-17(18)26)25-21(28)15-8-7-13-5-3-4-6-14(13)24-15/h3-8,12,16,18,20,23H,9-11H2,1-2H3,(H,25,28)(H,29,30)/t16-,18?,20?/m0/s1. The maximum atomic E-state index is 13.0. The Morgan fingerprint density at radius 1 is 1.23 bits per heavy atom. The van der Waals surface area contributed by atoms with Crippen molar-refractivity contribution in [2.24, 2.45) is 5.92 Å². The van der Waals surface area contributed by atoms with Crippen molar-refractivity contribution in [3.05, 3.63) is 42.1 Å². The number of fused-ring (bicyclic) bond motifs is 1. The molecule has 31 heavy (non-hydrogen) atoms. The summed E-state index contributed by atoms with van der Waals surface area (Å²) in [6, 6.07) is 9.48. The Morgan fingerprint density at radius 2 is 1.97 bits per heavy atom. The fourth-order valence-corrected chi connectivity index (χ4v) is 3.41. The van der Waals surface area contributed by atoms with Gasteiger partial charge in [0.1, 0.15) is 11.8 Å². The van der Waals surface area contributed by atoms with Crippen LogP contribution in [-0.2, 0) is 19.1 Å². The summed E-state index contributed by atoms with van der Waals surface area (Å²) in [6.07, 6.45) is -2.66. The van der Waals surface area contributed by atoms with Crippen molar-refractivity contribution in [2.45, 2.75) is 38.5 Å². The monoisotopic (exact) mass is 427 g/mol. The van der Waals surface area contributed by atoms with Crippen molar-refractivity contribution in [1.82, 2.24) is 15.6 Å². The number of rotatable bonds is 9. The average molecular weight is 427 g/mol. The maximum absolute atomic E-state index is 13.0. The Labute approximate surface area is 179 Å². The molecule has 1 saturated heterocycles. The third-order valence-corrected chi connectivity index (χ3v) is 4.96. The van der Waals surface area contributed by atoms with Crippen molar-refractivity contribution in [2.75, 3.05) is 13.1 Å². The molecule has 1 fully saturated rings. The van der Waals surface area contributed by atoms with Gasteiger partial charge in [-0.25, -0.2) is 9.78 Å². The van der Waals surface area contributed by atoms with E-state index >= 15 is 0 Å². The van der Waals surface area contributed by atoms with Crippen LogP contribution in [0.4, 0.5) is 0 Å². The molecule has 9 heteroatoms. The third kappa shape index (κ3) is 5.50. The van der Waals surface area contributed by atoms with Crippen molar-refractivity contribution < 1.29 is 29.0 Å². The van der Waals surface area contributed by atoms with Gasteiger partial charge in [0.05, 0.1) is 18.1 Å². The number of nitrogens with one attached hydrogen (secondary N) is 2. The highest BCUT2D eigenvalue weighted by atomic mass is 16.5. The minimum atomic E-state index is -1.86. The second-order valence-corrected chi connectivity index (χ2v) is 7.89. The number of benzene rings is 1. The van der Waals surface area contributed by atoms with Gasteiger partial charge >= 0.3 is 5.97 Å². The first-order chi connectivity index (χ1) is 14.8. The number of para-hydroxylation sites is 1. The van der Waals surface area contributed by atoms with E-state index in [4.69, 9.17) is 4.74 Å². The van der Waals surface area contributed by atoms with Crippen LogP contribution < -0.4 is 10.6 Å². The van der Waals surface area contributed by atoms with Crippen LogP contribution in [0.15, 0.2) is 36.4 Å². The van der Waals surface area contributed by atoms with Gasteiger partial charge in [-0.3, -0.25) is 14.4 Å². The Balaban J connectivity index is 1.79. The number of carbonyl (C=O) groups excluding carboxylic acids is 3. The Hall–Kier alpha value is -3.17. The summed E-state index contributed by atoms with van der Waals surface area (Å²) < 4.78 is 5.33. The van der Waals surface area contributed by atoms with Crippen LogP contribution in [0, 0.1) is 5.92 Å². The lowest BCUT2D eigenvalue weighted by Crippen LogP contribution is -2.51. The quantitative estimate of drug-likeness (QED) is 0.504. The molecule has 1 amide bonds. The van der Waals surface area contributed by atoms with Crippen molar-refractivity contribution in [3.8, 4) is 0 Å². The normalized spacial score (nSPS) is 18.2. The summed E-state index contributed by atoms with van der Waals surface area (Å²) >= 11 is 0. The minimum absolute atomic E-state index is 0.0111. The molecule has 3 N–H and O–H groups in total. The molecule has 164 valence electrons. The molecule has 3 atom stereocenters. The number of ketones is 2. The highest BCUT2D eigenvalue weighted by Crippen LogP contribution is 2.15. The number of amides is 1. The molecule has 2 aromatic rings. The number of pyridine rings is 1. The van der Waals surface area contributed by atoms with E-state index in [0.29, 0.717) is 5.52 Å². The first-order valence-electron chi connectivity index (χ1n) is 10.1. The number of carboxylic acid groups (broad SMARTS) is 1. The lowest BCUT2D eigenvalue weighted by molar-refractivity contribution is -0.162. The molecule has 1 aliphatic rings. The predicted octanol–water partition coefficient (Wildman–Crippen LogP) is 0.959. The van der Waals surface area contributed by atoms with Gasteiger partial charge in [-0.05, 0) is 24.5 Å². The van der Waals surface area contributed by atoms with Gasteiger partial charge in [0.2, 0.25) is 6.10 Å². The van der Waals surface area contributed by atoms with Crippen molar-refractivity contribution in [3.63, 3.8) is 0 Å². The summed E-state index contributed by atoms with van der Waals surface area (Å²) in [5, 5.41) is 15.8. The van der Waals surface area contributed by atoms with Gasteiger partial charge < -0.3 is 20.5 Å². The number of hydrogen-bond donors (Lipinski definition) is 3. The second-order valence-electron chi connectivity index (χ2n) is 7.89. The van der Waals surface area contributed by atoms with Crippen LogP contribution >= 0.6 is 0 Å². The molecular weight excluding hydrogens is 402 g/mol. The van der Waals surface area contributed by atoms with E-state index in [1.54, 1.807) is 24.3 Å². The topological polar surface area (TPSA) is 135 Å². The summed E-state index contributed by atoms with van der Waals surface area (Å²) in [6.45, 7) is 3.90. The summed E-state index contributed by atoms with van der Waals surface area (Å²) in [4.78, 5) is 53.7. The summed E-state index contributed by atoms with van der Waals surface area (Å²) in [5.74, 6) is -3.23.